The summed E-state index contributed by atoms with van der Waals surface area (Å²) in [6, 6.07) is 14.9. The van der Waals surface area contributed by atoms with Gasteiger partial charge in [-0.25, -0.2) is 0 Å². The summed E-state index contributed by atoms with van der Waals surface area (Å²) in [5, 5.41) is 5.96. The molecule has 0 aliphatic carbocycles. The minimum absolute atomic E-state index is 0.120. The first-order valence-electron chi connectivity index (χ1n) is 9.71. The van der Waals surface area contributed by atoms with E-state index in [9.17, 15) is 4.79 Å². The highest BCUT2D eigenvalue weighted by Gasteiger charge is 2.04. The molecule has 152 valence electrons. The van der Waals surface area contributed by atoms with E-state index in [1.807, 2.05) is 62.4 Å². The van der Waals surface area contributed by atoms with Crippen LogP contribution >= 0.6 is 0 Å². The van der Waals surface area contributed by atoms with Crippen LogP contribution in [-0.4, -0.2) is 38.4 Å². The molecule has 2 aromatic rings. The van der Waals surface area contributed by atoms with Crippen LogP contribution in [0.25, 0.3) is 0 Å². The van der Waals surface area contributed by atoms with Gasteiger partial charge < -0.3 is 24.8 Å². The first-order valence-corrected chi connectivity index (χ1v) is 9.71. The number of carbonyl (C=O) groups excluding carboxylic acids is 1. The van der Waals surface area contributed by atoms with Crippen molar-refractivity contribution in [3.8, 4) is 11.5 Å². The molecule has 6 nitrogen and oxygen atoms in total. The molecule has 1 amide bonds. The molecule has 2 N–H and O–H groups in total. The average molecular weight is 386 g/mol. The van der Waals surface area contributed by atoms with Gasteiger partial charge in [0, 0.05) is 18.0 Å². The molecule has 2 rings (SSSR count). The van der Waals surface area contributed by atoms with E-state index in [-0.39, 0.29) is 18.6 Å². The molecule has 0 spiro atoms. The van der Waals surface area contributed by atoms with Gasteiger partial charge in [0.1, 0.15) is 18.1 Å². The Bertz CT molecular complexity index is 701. The fraction of sp³-hybridized carbons (Fsp3) is 0.409. The molecule has 1 unspecified atom stereocenters. The summed E-state index contributed by atoms with van der Waals surface area (Å²) < 4.78 is 16.5. The minimum atomic E-state index is -0.120. The second kappa shape index (κ2) is 11.9. The highest BCUT2D eigenvalue weighted by molar-refractivity contribution is 5.93. The van der Waals surface area contributed by atoms with Crippen molar-refractivity contribution >= 4 is 17.3 Å². The molecule has 28 heavy (non-hydrogen) atoms. The van der Waals surface area contributed by atoms with Gasteiger partial charge in [0.25, 0.3) is 0 Å². The maximum absolute atomic E-state index is 12.1. The lowest BCUT2D eigenvalue weighted by Crippen LogP contribution is -2.21. The molecule has 0 saturated carbocycles. The monoisotopic (exact) mass is 386 g/mol. The van der Waals surface area contributed by atoms with E-state index in [1.54, 1.807) is 0 Å². The summed E-state index contributed by atoms with van der Waals surface area (Å²) >= 11 is 0. The molecular weight excluding hydrogens is 356 g/mol. The van der Waals surface area contributed by atoms with Crippen LogP contribution in [0.3, 0.4) is 0 Å². The first-order chi connectivity index (χ1) is 13.6. The van der Waals surface area contributed by atoms with E-state index in [4.69, 9.17) is 14.2 Å². The summed E-state index contributed by atoms with van der Waals surface area (Å²) in [5.74, 6) is 1.45. The highest BCUT2D eigenvalue weighted by Crippen LogP contribution is 2.18. The van der Waals surface area contributed by atoms with Gasteiger partial charge in [-0.1, -0.05) is 6.92 Å². The third-order valence-electron chi connectivity index (χ3n) is 4.06. The molecule has 6 heteroatoms. The van der Waals surface area contributed by atoms with Gasteiger partial charge in [-0.15, -0.1) is 0 Å². The zero-order valence-corrected chi connectivity index (χ0v) is 16.9. The van der Waals surface area contributed by atoms with Crippen molar-refractivity contribution in [2.75, 3.05) is 37.0 Å². The molecule has 2 aromatic carbocycles. The van der Waals surface area contributed by atoms with Crippen molar-refractivity contribution in [2.24, 2.45) is 0 Å². The SMILES string of the molecule is CCOCCOc1ccc(NC(=O)CNc2ccc(OC(C)CC)cc2)cc1. The van der Waals surface area contributed by atoms with Gasteiger partial charge in [0.15, 0.2) is 0 Å². The third-order valence-corrected chi connectivity index (χ3v) is 4.06. The van der Waals surface area contributed by atoms with Crippen molar-refractivity contribution in [2.45, 2.75) is 33.3 Å². The zero-order chi connectivity index (χ0) is 20.2. The van der Waals surface area contributed by atoms with Gasteiger partial charge in [-0.3, -0.25) is 4.79 Å². The van der Waals surface area contributed by atoms with Crippen LogP contribution in [-0.2, 0) is 9.53 Å². The average Bonchev–Trinajstić information content (AvgIpc) is 2.72. The molecular formula is C22H30N2O4. The molecule has 0 aliphatic rings. The predicted octanol–water partition coefficient (Wildman–Crippen LogP) is 4.33. The van der Waals surface area contributed by atoms with Gasteiger partial charge >= 0.3 is 0 Å². The normalized spacial score (nSPS) is 11.5. The predicted molar refractivity (Wildman–Crippen MR) is 112 cm³/mol. The molecule has 0 heterocycles. The first kappa shape index (κ1) is 21.6. The van der Waals surface area contributed by atoms with Crippen molar-refractivity contribution < 1.29 is 19.0 Å². The quantitative estimate of drug-likeness (QED) is 0.532. The number of nitrogens with one attached hydrogen (secondary N) is 2. The third kappa shape index (κ3) is 7.88. The second-order valence-electron chi connectivity index (χ2n) is 6.33. The Hall–Kier alpha value is -2.73. The van der Waals surface area contributed by atoms with E-state index in [0.29, 0.717) is 19.8 Å². The van der Waals surface area contributed by atoms with Crippen molar-refractivity contribution in [1.82, 2.24) is 0 Å². The Balaban J connectivity index is 1.73. The molecule has 0 fully saturated rings. The lowest BCUT2D eigenvalue weighted by atomic mass is 10.2. The van der Waals surface area contributed by atoms with Crippen LogP contribution in [0.4, 0.5) is 11.4 Å². The zero-order valence-electron chi connectivity index (χ0n) is 16.9. The fourth-order valence-electron chi connectivity index (χ4n) is 2.35. The molecule has 0 aliphatic heterocycles. The molecule has 0 bridgehead atoms. The number of hydrogen-bond donors (Lipinski definition) is 2. The Morgan fingerprint density at radius 2 is 1.57 bits per heavy atom. The van der Waals surface area contributed by atoms with E-state index in [0.717, 1.165) is 29.3 Å². The number of rotatable bonds is 12. The summed E-state index contributed by atoms with van der Waals surface area (Å²) in [5.41, 5.74) is 1.59. The standard InChI is InChI=1S/C22H30N2O4/c1-4-17(3)28-21-12-6-18(7-13-21)23-16-22(25)24-19-8-10-20(11-9-19)27-15-14-26-5-2/h6-13,17,23H,4-5,14-16H2,1-3H3,(H,24,25). The van der Waals surface area contributed by atoms with E-state index in [2.05, 4.69) is 17.6 Å². The summed E-state index contributed by atoms with van der Waals surface area (Å²) in [4.78, 5) is 12.1. The van der Waals surface area contributed by atoms with Crippen LogP contribution in [0.5, 0.6) is 11.5 Å². The number of amides is 1. The number of carbonyl (C=O) groups is 1. The molecule has 1 atom stereocenters. The topological polar surface area (TPSA) is 68.8 Å². The summed E-state index contributed by atoms with van der Waals surface area (Å²) in [6.45, 7) is 7.99. The highest BCUT2D eigenvalue weighted by atomic mass is 16.5. The number of benzene rings is 2. The van der Waals surface area contributed by atoms with Crippen LogP contribution in [0.15, 0.2) is 48.5 Å². The second-order valence-corrected chi connectivity index (χ2v) is 6.33. The van der Waals surface area contributed by atoms with Crippen LogP contribution in [0.2, 0.25) is 0 Å². The van der Waals surface area contributed by atoms with Crippen LogP contribution in [0.1, 0.15) is 27.2 Å². The molecule has 0 aromatic heterocycles. The summed E-state index contributed by atoms with van der Waals surface area (Å²) in [7, 11) is 0. The van der Waals surface area contributed by atoms with Crippen molar-refractivity contribution in [3.05, 3.63) is 48.5 Å². The van der Waals surface area contributed by atoms with Gasteiger partial charge in [0.2, 0.25) is 5.91 Å². The van der Waals surface area contributed by atoms with Crippen LogP contribution < -0.4 is 20.1 Å². The van der Waals surface area contributed by atoms with Gasteiger partial charge in [-0.05, 0) is 68.8 Å². The van der Waals surface area contributed by atoms with Gasteiger partial charge in [-0.2, -0.15) is 0 Å². The van der Waals surface area contributed by atoms with Crippen LogP contribution in [0, 0.1) is 0 Å². The number of ether oxygens (including phenoxy) is 3. The fourth-order valence-corrected chi connectivity index (χ4v) is 2.35. The van der Waals surface area contributed by atoms with E-state index >= 15 is 0 Å². The van der Waals surface area contributed by atoms with E-state index < -0.39 is 0 Å². The molecule has 0 radical (unpaired) electrons. The Labute approximate surface area is 167 Å². The number of hydrogen-bond acceptors (Lipinski definition) is 5. The Morgan fingerprint density at radius 1 is 0.929 bits per heavy atom. The van der Waals surface area contributed by atoms with E-state index in [1.165, 1.54) is 0 Å². The maximum Gasteiger partial charge on any atom is 0.243 e. The van der Waals surface area contributed by atoms with Crippen molar-refractivity contribution in [3.63, 3.8) is 0 Å². The Morgan fingerprint density at radius 3 is 2.21 bits per heavy atom. The smallest absolute Gasteiger partial charge is 0.243 e. The lowest BCUT2D eigenvalue weighted by Gasteiger charge is -2.13. The lowest BCUT2D eigenvalue weighted by molar-refractivity contribution is -0.114. The molecule has 0 saturated heterocycles. The Kier molecular flexibility index (Phi) is 9.15. The summed E-state index contributed by atoms with van der Waals surface area (Å²) in [6.07, 6.45) is 1.15. The van der Waals surface area contributed by atoms with Gasteiger partial charge in [0.05, 0.1) is 19.3 Å². The largest absolute Gasteiger partial charge is 0.491 e. The minimum Gasteiger partial charge on any atom is -0.491 e. The van der Waals surface area contributed by atoms with Crippen molar-refractivity contribution in [1.29, 1.82) is 0 Å². The number of anilines is 2. The maximum atomic E-state index is 12.1.